The second-order valence-corrected chi connectivity index (χ2v) is 8.11. The zero-order valence-electron chi connectivity index (χ0n) is 17.9. The van der Waals surface area contributed by atoms with E-state index in [1.54, 1.807) is 9.58 Å². The third-order valence-corrected chi connectivity index (χ3v) is 5.75. The predicted octanol–water partition coefficient (Wildman–Crippen LogP) is 3.78. The fourth-order valence-corrected chi connectivity index (χ4v) is 4.01. The van der Waals surface area contributed by atoms with Crippen LogP contribution < -0.4 is 10.9 Å². The van der Waals surface area contributed by atoms with Crippen molar-refractivity contribution in [1.29, 1.82) is 0 Å². The van der Waals surface area contributed by atoms with Crippen LogP contribution in [0.5, 0.6) is 0 Å². The number of carbonyl (C=O) groups excluding carboxylic acids is 1. The molecule has 0 radical (unpaired) electrons. The molecule has 2 atom stereocenters. The third-order valence-electron chi connectivity index (χ3n) is 5.75. The van der Waals surface area contributed by atoms with Crippen molar-refractivity contribution >= 4 is 5.91 Å². The lowest BCUT2D eigenvalue weighted by Gasteiger charge is -2.17. The van der Waals surface area contributed by atoms with Crippen molar-refractivity contribution in [2.45, 2.75) is 38.3 Å². The molecule has 0 saturated carbocycles. The van der Waals surface area contributed by atoms with E-state index in [4.69, 9.17) is 0 Å². The van der Waals surface area contributed by atoms with Crippen LogP contribution in [-0.2, 0) is 0 Å². The van der Waals surface area contributed by atoms with E-state index in [1.165, 1.54) is 12.1 Å². The minimum atomic E-state index is -0.220. The molecule has 0 bridgehead atoms. The van der Waals surface area contributed by atoms with Crippen LogP contribution in [0.4, 0.5) is 4.39 Å². The lowest BCUT2D eigenvalue weighted by Crippen LogP contribution is -2.32. The number of para-hydroxylation sites is 1. The molecule has 1 aromatic heterocycles. The van der Waals surface area contributed by atoms with Crippen LogP contribution in [-0.4, -0.2) is 40.2 Å². The van der Waals surface area contributed by atoms with E-state index in [-0.39, 0.29) is 17.8 Å². The summed E-state index contributed by atoms with van der Waals surface area (Å²) in [5.74, 6) is -0.290. The van der Waals surface area contributed by atoms with Gasteiger partial charge in [0.15, 0.2) is 5.69 Å². The largest absolute Gasteiger partial charge is 0.340 e. The van der Waals surface area contributed by atoms with Gasteiger partial charge >= 0.3 is 0 Å². The van der Waals surface area contributed by atoms with Gasteiger partial charge in [-0.05, 0) is 62.1 Å². The molecule has 1 aliphatic heterocycles. The van der Waals surface area contributed by atoms with Gasteiger partial charge in [-0.2, -0.15) is 5.10 Å². The molecule has 1 amide bonds. The summed E-state index contributed by atoms with van der Waals surface area (Å²) in [5, 5.41) is 4.51. The van der Waals surface area contributed by atoms with Crippen LogP contribution in [0.3, 0.4) is 0 Å². The molecule has 2 N–H and O–H groups in total. The number of benzene rings is 2. The fraction of sp³-hybridized carbons (Fsp3) is 0.333. The zero-order chi connectivity index (χ0) is 21.8. The van der Waals surface area contributed by atoms with Gasteiger partial charge in [-0.15, -0.1) is 0 Å². The Balaban J connectivity index is 1.27. The molecule has 31 heavy (non-hydrogen) atoms. The lowest BCUT2D eigenvalue weighted by atomic mass is 9.99. The summed E-state index contributed by atoms with van der Waals surface area (Å²) < 4.78 is 14.9. The average molecular weight is 422 g/mol. The van der Waals surface area contributed by atoms with Gasteiger partial charge in [-0.3, -0.25) is 15.6 Å². The van der Waals surface area contributed by atoms with Gasteiger partial charge in [0.2, 0.25) is 0 Å². The van der Waals surface area contributed by atoms with Gasteiger partial charge in [0.1, 0.15) is 5.82 Å². The standard InChI is InChI=1S/C24H28FN5O/c1-17-15-23(28-30(17)21-8-4-3-5-9-21)24(31)29(2)14-6-7-20-16-22(27-26-20)18-10-12-19(25)13-11-18/h3-5,8-13,15,20,22,26-27H,6-7,14,16H2,1-2H3. The Labute approximate surface area is 182 Å². The molecular formula is C24H28FN5O. The van der Waals surface area contributed by atoms with E-state index in [0.717, 1.165) is 36.2 Å². The van der Waals surface area contributed by atoms with Crippen LogP contribution in [0.25, 0.3) is 5.69 Å². The molecule has 2 aromatic carbocycles. The average Bonchev–Trinajstić information content (AvgIpc) is 3.41. The Kier molecular flexibility index (Phi) is 6.44. The predicted molar refractivity (Wildman–Crippen MR) is 118 cm³/mol. The summed E-state index contributed by atoms with van der Waals surface area (Å²) >= 11 is 0. The molecule has 2 heterocycles. The summed E-state index contributed by atoms with van der Waals surface area (Å²) in [5.41, 5.74) is 10.0. The maximum atomic E-state index is 13.1. The highest BCUT2D eigenvalue weighted by Crippen LogP contribution is 2.24. The maximum Gasteiger partial charge on any atom is 0.274 e. The first-order chi connectivity index (χ1) is 15.0. The van der Waals surface area contributed by atoms with Crippen molar-refractivity contribution in [2.75, 3.05) is 13.6 Å². The monoisotopic (exact) mass is 421 g/mol. The quantitative estimate of drug-likeness (QED) is 0.610. The number of amides is 1. The number of carbonyl (C=O) groups is 1. The zero-order valence-corrected chi connectivity index (χ0v) is 17.9. The number of rotatable bonds is 7. The van der Waals surface area contributed by atoms with Crippen molar-refractivity contribution in [2.24, 2.45) is 0 Å². The minimum absolute atomic E-state index is 0.0699. The van der Waals surface area contributed by atoms with Gasteiger partial charge < -0.3 is 4.90 Å². The van der Waals surface area contributed by atoms with Gasteiger partial charge in [-0.1, -0.05) is 30.3 Å². The lowest BCUT2D eigenvalue weighted by molar-refractivity contribution is 0.0785. The summed E-state index contributed by atoms with van der Waals surface area (Å²) in [6.45, 7) is 2.61. The van der Waals surface area contributed by atoms with Crippen molar-refractivity contribution < 1.29 is 9.18 Å². The summed E-state index contributed by atoms with van der Waals surface area (Å²) in [4.78, 5) is 14.6. The second kappa shape index (κ2) is 9.41. The second-order valence-electron chi connectivity index (χ2n) is 8.11. The molecule has 162 valence electrons. The number of hydrazine groups is 1. The van der Waals surface area contributed by atoms with Crippen molar-refractivity contribution in [3.05, 3.63) is 83.4 Å². The number of halogens is 1. The van der Waals surface area contributed by atoms with Gasteiger partial charge in [0.05, 0.1) is 5.69 Å². The highest BCUT2D eigenvalue weighted by Gasteiger charge is 2.25. The first-order valence-corrected chi connectivity index (χ1v) is 10.7. The summed E-state index contributed by atoms with van der Waals surface area (Å²) in [6, 6.07) is 18.8. The Bertz CT molecular complexity index is 1020. The molecule has 4 rings (SSSR count). The topological polar surface area (TPSA) is 62.2 Å². The smallest absolute Gasteiger partial charge is 0.274 e. The molecule has 3 aromatic rings. The fourth-order valence-electron chi connectivity index (χ4n) is 4.01. The number of aromatic nitrogens is 2. The highest BCUT2D eigenvalue weighted by molar-refractivity contribution is 5.92. The van der Waals surface area contributed by atoms with E-state index in [9.17, 15) is 9.18 Å². The Hall–Kier alpha value is -3.03. The number of hydrogen-bond donors (Lipinski definition) is 2. The molecule has 1 fully saturated rings. The molecular weight excluding hydrogens is 393 g/mol. The Morgan fingerprint density at radius 1 is 1.16 bits per heavy atom. The van der Waals surface area contributed by atoms with Gasteiger partial charge in [-0.25, -0.2) is 9.07 Å². The van der Waals surface area contributed by atoms with Crippen molar-refractivity contribution in [3.63, 3.8) is 0 Å². The number of hydrogen-bond acceptors (Lipinski definition) is 4. The van der Waals surface area contributed by atoms with Crippen LogP contribution in [0.2, 0.25) is 0 Å². The Morgan fingerprint density at radius 3 is 2.65 bits per heavy atom. The van der Waals surface area contributed by atoms with E-state index in [2.05, 4.69) is 16.0 Å². The minimum Gasteiger partial charge on any atom is -0.340 e. The van der Waals surface area contributed by atoms with Crippen LogP contribution in [0.1, 0.15) is 47.1 Å². The van der Waals surface area contributed by atoms with Crippen LogP contribution in [0, 0.1) is 12.7 Å². The van der Waals surface area contributed by atoms with Crippen LogP contribution >= 0.6 is 0 Å². The molecule has 2 unspecified atom stereocenters. The molecule has 0 spiro atoms. The number of nitrogens with zero attached hydrogens (tertiary/aromatic N) is 3. The molecule has 1 aliphatic rings. The number of aryl methyl sites for hydroxylation is 1. The van der Waals surface area contributed by atoms with E-state index in [0.29, 0.717) is 18.3 Å². The van der Waals surface area contributed by atoms with Gasteiger partial charge in [0, 0.05) is 31.4 Å². The van der Waals surface area contributed by atoms with E-state index in [1.807, 2.05) is 62.5 Å². The third kappa shape index (κ3) is 5.00. The molecule has 7 heteroatoms. The van der Waals surface area contributed by atoms with Crippen LogP contribution in [0.15, 0.2) is 60.7 Å². The number of nitrogens with one attached hydrogen (secondary N) is 2. The summed E-state index contributed by atoms with van der Waals surface area (Å²) in [6.07, 6.45) is 2.76. The molecule has 1 saturated heterocycles. The van der Waals surface area contributed by atoms with Crippen molar-refractivity contribution in [1.82, 2.24) is 25.5 Å². The van der Waals surface area contributed by atoms with Gasteiger partial charge in [0.25, 0.3) is 5.91 Å². The Morgan fingerprint density at radius 2 is 1.90 bits per heavy atom. The first-order valence-electron chi connectivity index (χ1n) is 10.7. The normalized spacial score (nSPS) is 18.3. The van der Waals surface area contributed by atoms with Crippen molar-refractivity contribution in [3.8, 4) is 5.69 Å². The maximum absolute atomic E-state index is 13.1. The van der Waals surface area contributed by atoms with E-state index < -0.39 is 0 Å². The van der Waals surface area contributed by atoms with E-state index >= 15 is 0 Å². The SMILES string of the molecule is Cc1cc(C(=O)N(C)CCCC2CC(c3ccc(F)cc3)NN2)nn1-c1ccccc1. The first kappa shape index (κ1) is 21.2. The summed E-state index contributed by atoms with van der Waals surface area (Å²) in [7, 11) is 1.82. The molecule has 6 nitrogen and oxygen atoms in total. The molecule has 0 aliphatic carbocycles. The highest BCUT2D eigenvalue weighted by atomic mass is 19.1.